The van der Waals surface area contributed by atoms with E-state index >= 15 is 0 Å². The first kappa shape index (κ1) is 23.1. The molecule has 0 aliphatic rings. The largest absolute Gasteiger partial charge is 0.459 e. The Labute approximate surface area is 188 Å². The lowest BCUT2D eigenvalue weighted by molar-refractivity contribution is -0.145. The van der Waals surface area contributed by atoms with Gasteiger partial charge in [-0.3, -0.25) is 19.3 Å². The molecule has 166 valence electrons. The van der Waals surface area contributed by atoms with Gasteiger partial charge in [-0.2, -0.15) is 0 Å². The maximum Gasteiger partial charge on any atom is 0.307 e. The molecular weight excluding hydrogens is 433 g/mol. The van der Waals surface area contributed by atoms with Crippen LogP contribution in [0.5, 0.6) is 0 Å². The lowest BCUT2D eigenvalue weighted by Crippen LogP contribution is -2.27. The highest BCUT2D eigenvalue weighted by Crippen LogP contribution is 2.30. The number of nitrogens with zero attached hydrogens (tertiary/aromatic N) is 2. The number of anilines is 2. The molecule has 2 amide bonds. The van der Waals surface area contributed by atoms with Crippen molar-refractivity contribution in [1.82, 2.24) is 10.3 Å². The summed E-state index contributed by atoms with van der Waals surface area (Å²) in [5, 5.41) is 4.60. The first-order chi connectivity index (χ1) is 15.4. The number of nitrogens with one attached hydrogen (secondary N) is 1. The number of ether oxygens (including phenoxy) is 1. The van der Waals surface area contributed by atoms with Crippen LogP contribution in [0.1, 0.15) is 24.6 Å². The average molecular weight is 456 g/mol. The fourth-order valence-electron chi connectivity index (χ4n) is 2.88. The van der Waals surface area contributed by atoms with Gasteiger partial charge in [-0.15, -0.1) is 11.3 Å². The lowest BCUT2D eigenvalue weighted by Gasteiger charge is -2.18. The standard InChI is InChI=1S/C23H22FN3O4S/c1-16(28)27(20-10-6-5-9-19(20)24)23-26-18(15-32-23)14-31-22(30)11-12-25-21(29)13-17-7-3-2-4-8-17/h2-10,15H,11-14H2,1H3,(H,25,29). The van der Waals surface area contributed by atoms with Gasteiger partial charge in [0.25, 0.3) is 0 Å². The molecule has 0 aliphatic carbocycles. The predicted octanol–water partition coefficient (Wildman–Crippen LogP) is 3.76. The Morgan fingerprint density at radius 3 is 2.53 bits per heavy atom. The van der Waals surface area contributed by atoms with Crippen molar-refractivity contribution in [2.24, 2.45) is 0 Å². The van der Waals surface area contributed by atoms with Crippen LogP contribution in [0.25, 0.3) is 0 Å². The molecule has 0 radical (unpaired) electrons. The second-order valence-corrected chi connectivity index (χ2v) is 7.69. The number of carbonyl (C=O) groups excluding carboxylic acids is 3. The quantitative estimate of drug-likeness (QED) is 0.497. The molecule has 0 spiro atoms. The molecule has 3 aromatic rings. The van der Waals surface area contributed by atoms with Crippen molar-refractivity contribution in [3.8, 4) is 0 Å². The van der Waals surface area contributed by atoms with Crippen molar-refractivity contribution in [1.29, 1.82) is 0 Å². The van der Waals surface area contributed by atoms with E-state index in [1.165, 1.54) is 30.0 Å². The molecule has 0 unspecified atom stereocenters. The third kappa shape index (κ3) is 6.45. The van der Waals surface area contributed by atoms with Gasteiger partial charge in [0.15, 0.2) is 5.13 Å². The summed E-state index contributed by atoms with van der Waals surface area (Å²) in [5.41, 5.74) is 1.43. The topological polar surface area (TPSA) is 88.6 Å². The molecule has 1 aromatic heterocycles. The molecule has 3 rings (SSSR count). The second kappa shape index (κ2) is 11.1. The van der Waals surface area contributed by atoms with Crippen LogP contribution in [0.2, 0.25) is 0 Å². The summed E-state index contributed by atoms with van der Waals surface area (Å²) in [7, 11) is 0. The van der Waals surface area contributed by atoms with E-state index in [1.807, 2.05) is 30.3 Å². The van der Waals surface area contributed by atoms with Gasteiger partial charge in [-0.25, -0.2) is 9.37 Å². The van der Waals surface area contributed by atoms with Crippen LogP contribution in [0.4, 0.5) is 15.2 Å². The van der Waals surface area contributed by atoms with Crippen LogP contribution in [-0.4, -0.2) is 29.3 Å². The van der Waals surface area contributed by atoms with Gasteiger partial charge >= 0.3 is 5.97 Å². The van der Waals surface area contributed by atoms with E-state index in [4.69, 9.17) is 4.74 Å². The number of thiazole rings is 1. The molecular formula is C23H22FN3O4S. The number of aromatic nitrogens is 1. The summed E-state index contributed by atoms with van der Waals surface area (Å²) < 4.78 is 19.3. The number of benzene rings is 2. The van der Waals surface area contributed by atoms with E-state index in [0.29, 0.717) is 5.69 Å². The van der Waals surface area contributed by atoms with Crippen LogP contribution in [0.15, 0.2) is 60.0 Å². The van der Waals surface area contributed by atoms with Crippen molar-refractivity contribution in [2.45, 2.75) is 26.4 Å². The molecule has 0 saturated carbocycles. The SMILES string of the molecule is CC(=O)N(c1nc(COC(=O)CCNC(=O)Cc2ccccc2)cs1)c1ccccc1F. The van der Waals surface area contributed by atoms with Crippen molar-refractivity contribution in [2.75, 3.05) is 11.4 Å². The van der Waals surface area contributed by atoms with Crippen molar-refractivity contribution in [3.63, 3.8) is 0 Å². The average Bonchev–Trinajstić information content (AvgIpc) is 3.23. The molecule has 2 aromatic carbocycles. The summed E-state index contributed by atoms with van der Waals surface area (Å²) >= 11 is 1.14. The van der Waals surface area contributed by atoms with Gasteiger partial charge in [-0.1, -0.05) is 42.5 Å². The zero-order chi connectivity index (χ0) is 22.9. The van der Waals surface area contributed by atoms with Crippen LogP contribution in [0, 0.1) is 5.82 Å². The maximum absolute atomic E-state index is 14.1. The molecule has 0 fully saturated rings. The Kier molecular flexibility index (Phi) is 8.04. The zero-order valence-electron chi connectivity index (χ0n) is 17.4. The van der Waals surface area contributed by atoms with E-state index in [9.17, 15) is 18.8 Å². The van der Waals surface area contributed by atoms with Gasteiger partial charge in [0, 0.05) is 18.8 Å². The molecule has 0 aliphatic heterocycles. The Bertz CT molecular complexity index is 1090. The van der Waals surface area contributed by atoms with E-state index < -0.39 is 11.8 Å². The predicted molar refractivity (Wildman–Crippen MR) is 119 cm³/mol. The zero-order valence-corrected chi connectivity index (χ0v) is 18.2. The fraction of sp³-hybridized carbons (Fsp3) is 0.217. The van der Waals surface area contributed by atoms with Crippen LogP contribution in [0.3, 0.4) is 0 Å². The van der Waals surface area contributed by atoms with Gasteiger partial charge in [-0.05, 0) is 17.7 Å². The second-order valence-electron chi connectivity index (χ2n) is 6.85. The van der Waals surface area contributed by atoms with E-state index in [-0.39, 0.29) is 48.6 Å². The van der Waals surface area contributed by atoms with Crippen molar-refractivity contribution < 1.29 is 23.5 Å². The van der Waals surface area contributed by atoms with E-state index in [1.54, 1.807) is 11.4 Å². The number of para-hydroxylation sites is 1. The van der Waals surface area contributed by atoms with Crippen molar-refractivity contribution >= 4 is 39.9 Å². The number of halogens is 1. The highest BCUT2D eigenvalue weighted by molar-refractivity contribution is 7.14. The number of amides is 2. The minimum absolute atomic E-state index is 0.0202. The third-order valence-electron chi connectivity index (χ3n) is 4.38. The highest BCUT2D eigenvalue weighted by atomic mass is 32.1. The molecule has 1 heterocycles. The summed E-state index contributed by atoms with van der Waals surface area (Å²) in [6.45, 7) is 1.40. The Morgan fingerprint density at radius 2 is 1.81 bits per heavy atom. The lowest BCUT2D eigenvalue weighted by atomic mass is 10.1. The molecule has 0 saturated heterocycles. The third-order valence-corrected chi connectivity index (χ3v) is 5.25. The number of hydrogen-bond acceptors (Lipinski definition) is 6. The van der Waals surface area contributed by atoms with E-state index in [0.717, 1.165) is 16.9 Å². The van der Waals surface area contributed by atoms with Gasteiger partial charge in [0.1, 0.15) is 12.4 Å². The Hall–Kier alpha value is -3.59. The molecule has 7 nitrogen and oxygen atoms in total. The Balaban J connectivity index is 1.47. The normalized spacial score (nSPS) is 10.4. The van der Waals surface area contributed by atoms with Crippen molar-refractivity contribution in [3.05, 3.63) is 77.1 Å². The summed E-state index contributed by atoms with van der Waals surface area (Å²) in [6.07, 6.45) is 0.262. The number of hydrogen-bond donors (Lipinski definition) is 1. The van der Waals surface area contributed by atoms with Crippen LogP contribution < -0.4 is 10.2 Å². The molecule has 0 bridgehead atoms. The molecule has 32 heavy (non-hydrogen) atoms. The smallest absolute Gasteiger partial charge is 0.307 e. The monoisotopic (exact) mass is 455 g/mol. The maximum atomic E-state index is 14.1. The summed E-state index contributed by atoms with van der Waals surface area (Å²) in [5.74, 6) is -1.60. The molecule has 1 N–H and O–H groups in total. The van der Waals surface area contributed by atoms with Gasteiger partial charge < -0.3 is 10.1 Å². The number of rotatable bonds is 9. The fourth-order valence-corrected chi connectivity index (χ4v) is 3.74. The molecule has 0 atom stereocenters. The highest BCUT2D eigenvalue weighted by Gasteiger charge is 2.21. The first-order valence-electron chi connectivity index (χ1n) is 9.90. The summed E-state index contributed by atoms with van der Waals surface area (Å²) in [4.78, 5) is 41.4. The minimum atomic E-state index is -0.541. The van der Waals surface area contributed by atoms with Gasteiger partial charge in [0.05, 0.1) is 24.2 Å². The number of carbonyl (C=O) groups is 3. The number of esters is 1. The first-order valence-corrected chi connectivity index (χ1v) is 10.8. The Morgan fingerprint density at radius 1 is 1.09 bits per heavy atom. The van der Waals surface area contributed by atoms with E-state index in [2.05, 4.69) is 10.3 Å². The minimum Gasteiger partial charge on any atom is -0.459 e. The van der Waals surface area contributed by atoms with Crippen LogP contribution >= 0.6 is 11.3 Å². The van der Waals surface area contributed by atoms with Crippen LogP contribution in [-0.2, 0) is 32.1 Å². The summed E-state index contributed by atoms with van der Waals surface area (Å²) in [6, 6.07) is 15.2. The molecule has 9 heteroatoms. The van der Waals surface area contributed by atoms with Gasteiger partial charge in [0.2, 0.25) is 11.8 Å².